The molecule has 3 aliphatic heterocycles. The van der Waals surface area contributed by atoms with E-state index in [9.17, 15) is 14.7 Å². The lowest BCUT2D eigenvalue weighted by Gasteiger charge is -2.37. The number of aliphatic hydroxyl groups excluding tert-OH is 1. The van der Waals surface area contributed by atoms with E-state index in [0.29, 0.717) is 24.2 Å². The second-order valence-corrected chi connectivity index (χ2v) is 17.6. The number of hydrogen-bond donors (Lipinski definition) is 1. The summed E-state index contributed by atoms with van der Waals surface area (Å²) < 4.78 is 12.5. The Labute approximate surface area is 264 Å². The van der Waals surface area contributed by atoms with Crippen LogP contribution in [0.5, 0.6) is 5.75 Å². The van der Waals surface area contributed by atoms with Gasteiger partial charge < -0.3 is 19.5 Å². The zero-order chi connectivity index (χ0) is 31.7. The van der Waals surface area contributed by atoms with Crippen LogP contribution in [0.25, 0.3) is 10.8 Å². The van der Waals surface area contributed by atoms with Crippen LogP contribution in [0.15, 0.2) is 91.5 Å². The molecular formula is C37H38N2O5Si. The summed E-state index contributed by atoms with van der Waals surface area (Å²) in [6.07, 6.45) is 1.83. The molecule has 45 heavy (non-hydrogen) atoms. The van der Waals surface area contributed by atoms with Crippen molar-refractivity contribution in [3.63, 3.8) is 0 Å². The molecule has 0 aliphatic carbocycles. The number of ether oxygens (including phenoxy) is 2. The molecule has 0 aromatic heterocycles. The van der Waals surface area contributed by atoms with Gasteiger partial charge in [-0.25, -0.2) is 0 Å². The molecule has 7 rings (SSSR count). The number of carbonyl (C=O) groups excluding carboxylic acids is 2. The van der Waals surface area contributed by atoms with Crippen molar-refractivity contribution in [1.29, 1.82) is 0 Å². The van der Waals surface area contributed by atoms with E-state index >= 15 is 0 Å². The highest BCUT2D eigenvalue weighted by Crippen LogP contribution is 2.60. The highest BCUT2D eigenvalue weighted by atomic mass is 28.3. The number of methoxy groups -OCH3 is 1. The zero-order valence-corrected chi connectivity index (χ0v) is 27.1. The zero-order valence-electron chi connectivity index (χ0n) is 26.1. The Morgan fingerprint density at radius 3 is 2.44 bits per heavy atom. The molecule has 3 heterocycles. The average Bonchev–Trinajstić information content (AvgIpc) is 3.60. The van der Waals surface area contributed by atoms with Crippen molar-refractivity contribution in [3.8, 4) is 5.75 Å². The van der Waals surface area contributed by atoms with Gasteiger partial charge in [0.15, 0.2) is 5.60 Å². The van der Waals surface area contributed by atoms with Gasteiger partial charge in [-0.15, -0.1) is 6.58 Å². The van der Waals surface area contributed by atoms with Gasteiger partial charge in [0, 0.05) is 35.7 Å². The Kier molecular flexibility index (Phi) is 7.00. The third kappa shape index (κ3) is 4.09. The van der Waals surface area contributed by atoms with E-state index in [1.165, 1.54) is 5.19 Å². The molecule has 0 bridgehead atoms. The van der Waals surface area contributed by atoms with Gasteiger partial charge in [0.25, 0.3) is 11.8 Å². The van der Waals surface area contributed by atoms with Gasteiger partial charge >= 0.3 is 0 Å². The van der Waals surface area contributed by atoms with E-state index in [4.69, 9.17) is 9.47 Å². The molecule has 4 aromatic carbocycles. The largest absolute Gasteiger partial charge is 0.497 e. The number of amides is 2. The minimum atomic E-state index is -2.30. The molecule has 0 radical (unpaired) electrons. The summed E-state index contributed by atoms with van der Waals surface area (Å²) >= 11 is 0. The highest BCUT2D eigenvalue weighted by molar-refractivity contribution is 6.91. The summed E-state index contributed by atoms with van der Waals surface area (Å²) in [5, 5.41) is 13.4. The van der Waals surface area contributed by atoms with E-state index < -0.39 is 13.7 Å². The van der Waals surface area contributed by atoms with E-state index in [-0.39, 0.29) is 36.0 Å². The number of nitrogens with zero attached hydrogens (tertiary/aromatic N) is 2. The van der Waals surface area contributed by atoms with Gasteiger partial charge in [-0.1, -0.05) is 67.7 Å². The third-order valence-corrected chi connectivity index (χ3v) is 14.7. The fourth-order valence-electron chi connectivity index (χ4n) is 8.32. The number of aliphatic hydroxyl groups is 1. The maximum atomic E-state index is 14.7. The molecule has 1 spiro atoms. The minimum absolute atomic E-state index is 0.0219. The smallest absolute Gasteiger partial charge is 0.264 e. The third-order valence-electron chi connectivity index (χ3n) is 10.4. The number of anilines is 3. The van der Waals surface area contributed by atoms with Crippen molar-refractivity contribution in [2.75, 3.05) is 30.1 Å². The predicted octanol–water partition coefficient (Wildman–Crippen LogP) is 6.27. The fourth-order valence-corrected chi connectivity index (χ4v) is 12.4. The maximum absolute atomic E-state index is 14.7. The van der Waals surface area contributed by atoms with Crippen molar-refractivity contribution in [3.05, 3.63) is 103 Å². The normalized spacial score (nSPS) is 23.8. The van der Waals surface area contributed by atoms with Crippen LogP contribution >= 0.6 is 0 Å². The lowest BCUT2D eigenvalue weighted by molar-refractivity contribution is -0.146. The molecule has 4 aromatic rings. The van der Waals surface area contributed by atoms with Crippen LogP contribution in [0.2, 0.25) is 18.6 Å². The first kappa shape index (κ1) is 29.5. The first-order valence-electron chi connectivity index (χ1n) is 15.6. The SMILES string of the molecule is C=CCN1C(=O)[C@@]2(O[C@@H](CCO)[C@H]([Si](C)(C)c3ccc(OC)cc3)[C@H]2C)c2cc(N3C(=O)c4cccc5cccc3c45)ccc21. The van der Waals surface area contributed by atoms with Crippen LogP contribution < -0.4 is 19.7 Å². The molecule has 7 nitrogen and oxygen atoms in total. The number of carbonyl (C=O) groups is 2. The first-order chi connectivity index (χ1) is 21.7. The molecule has 1 saturated heterocycles. The standard InChI is InChI=1S/C37H38N2O5Si/c1-6-20-38-30-18-13-25(39-31-12-8-10-24-9-7-11-28(33(24)31)35(39)41)22-29(30)37(36(38)42)23(2)34(32(44-37)19-21-40)45(4,5)27-16-14-26(43-3)15-17-27/h6-18,22-23,32,34,40H,1,19-21H2,2-5H3/t23-,32+,34-,37+/m1/s1. The van der Waals surface area contributed by atoms with E-state index in [2.05, 4.69) is 38.7 Å². The topological polar surface area (TPSA) is 79.3 Å². The number of rotatable bonds is 8. The Balaban J connectivity index is 1.38. The van der Waals surface area contributed by atoms with Crippen LogP contribution in [-0.4, -0.2) is 51.4 Å². The molecule has 1 fully saturated rings. The first-order valence-corrected chi connectivity index (χ1v) is 18.6. The monoisotopic (exact) mass is 618 g/mol. The molecular weight excluding hydrogens is 581 g/mol. The molecule has 0 unspecified atom stereocenters. The van der Waals surface area contributed by atoms with Crippen molar-refractivity contribution in [2.45, 2.75) is 43.7 Å². The minimum Gasteiger partial charge on any atom is -0.497 e. The molecule has 2 amide bonds. The van der Waals surface area contributed by atoms with Crippen molar-refractivity contribution >= 4 is 52.9 Å². The van der Waals surface area contributed by atoms with Gasteiger partial charge in [0.1, 0.15) is 5.75 Å². The summed E-state index contributed by atoms with van der Waals surface area (Å²) in [6, 6.07) is 25.8. The summed E-state index contributed by atoms with van der Waals surface area (Å²) in [5.74, 6) is 0.381. The summed E-state index contributed by atoms with van der Waals surface area (Å²) in [5.41, 5.74) is 2.48. The van der Waals surface area contributed by atoms with E-state index in [1.807, 2.05) is 66.7 Å². The van der Waals surface area contributed by atoms with Crippen LogP contribution in [0, 0.1) is 5.92 Å². The van der Waals surface area contributed by atoms with Crippen LogP contribution in [0.1, 0.15) is 29.3 Å². The van der Waals surface area contributed by atoms with Gasteiger partial charge in [0.2, 0.25) is 0 Å². The Hall–Kier alpha value is -4.24. The molecule has 3 aliphatic rings. The Bertz CT molecular complexity index is 1850. The van der Waals surface area contributed by atoms with Crippen molar-refractivity contribution < 1.29 is 24.2 Å². The van der Waals surface area contributed by atoms with Gasteiger partial charge in [-0.3, -0.25) is 14.5 Å². The Morgan fingerprint density at radius 1 is 1.02 bits per heavy atom. The van der Waals surface area contributed by atoms with Gasteiger partial charge in [-0.05, 0) is 59.8 Å². The lowest BCUT2D eigenvalue weighted by atomic mass is 9.82. The van der Waals surface area contributed by atoms with E-state index in [1.54, 1.807) is 23.0 Å². The number of benzene rings is 4. The van der Waals surface area contributed by atoms with Gasteiger partial charge in [-0.2, -0.15) is 0 Å². The second-order valence-electron chi connectivity index (χ2n) is 12.9. The highest BCUT2D eigenvalue weighted by Gasteiger charge is 2.66. The second kappa shape index (κ2) is 10.7. The summed E-state index contributed by atoms with van der Waals surface area (Å²) in [7, 11) is -0.643. The van der Waals surface area contributed by atoms with E-state index in [0.717, 1.165) is 33.5 Å². The molecule has 230 valence electrons. The molecule has 0 saturated carbocycles. The Morgan fingerprint density at radius 2 is 1.76 bits per heavy atom. The predicted molar refractivity (Wildman–Crippen MR) is 181 cm³/mol. The summed E-state index contributed by atoms with van der Waals surface area (Å²) in [4.78, 5) is 32.1. The molecule has 8 heteroatoms. The fraction of sp³-hybridized carbons (Fsp3) is 0.297. The lowest BCUT2D eigenvalue weighted by Crippen LogP contribution is -2.51. The van der Waals surface area contributed by atoms with Crippen LogP contribution in [0.3, 0.4) is 0 Å². The quantitative estimate of drug-likeness (QED) is 0.186. The van der Waals surface area contributed by atoms with Crippen molar-refractivity contribution in [2.24, 2.45) is 5.92 Å². The molecule has 4 atom stereocenters. The number of hydrogen-bond acceptors (Lipinski definition) is 5. The summed E-state index contributed by atoms with van der Waals surface area (Å²) in [6.45, 7) is 11.0. The average molecular weight is 619 g/mol. The number of fused-ring (bicyclic) bond motifs is 2. The van der Waals surface area contributed by atoms with Gasteiger partial charge in [0.05, 0.1) is 38.2 Å². The van der Waals surface area contributed by atoms with Crippen LogP contribution in [0.4, 0.5) is 17.1 Å². The van der Waals surface area contributed by atoms with Crippen molar-refractivity contribution in [1.82, 2.24) is 0 Å². The maximum Gasteiger partial charge on any atom is 0.264 e. The van der Waals surface area contributed by atoms with Crippen LogP contribution in [-0.2, 0) is 15.1 Å². The molecule has 1 N–H and O–H groups in total.